The molecule has 33 heavy (non-hydrogen) atoms. The molecule has 10 heteroatoms. The van der Waals surface area contributed by atoms with Crippen LogP contribution in [0.2, 0.25) is 0 Å². The third kappa shape index (κ3) is 7.76. The van der Waals surface area contributed by atoms with Gasteiger partial charge in [0.2, 0.25) is 12.3 Å². The molecule has 0 fully saturated rings. The molecule has 1 atom stereocenters. The highest BCUT2D eigenvalue weighted by Gasteiger charge is 2.21. The predicted octanol–water partition coefficient (Wildman–Crippen LogP) is 2.58. The Labute approximate surface area is 191 Å². The van der Waals surface area contributed by atoms with Crippen LogP contribution in [0.3, 0.4) is 0 Å². The minimum absolute atomic E-state index is 0.0540. The van der Waals surface area contributed by atoms with Crippen molar-refractivity contribution in [2.24, 2.45) is 5.92 Å². The average Bonchev–Trinajstić information content (AvgIpc) is 3.33. The molecule has 0 aliphatic heterocycles. The molecule has 1 aromatic carbocycles. The number of benzene rings is 1. The summed E-state index contributed by atoms with van der Waals surface area (Å²) in [5.74, 6) is -1.45. The standard InChI is InChI=1S/C23H29N3O7/c1-3-4-5-6-18(13-26(31)15-27)21(28)24-14-25-22(29)20-12-11-19(33-20)16-7-9-17(10-8-16)23(30)32-2/h7-12,15,18,31H,3-6,13-14H2,1-2H3,(H,24,28)(H,25,29). The van der Waals surface area contributed by atoms with Crippen LogP contribution in [0.1, 0.15) is 53.5 Å². The molecule has 0 saturated heterocycles. The highest BCUT2D eigenvalue weighted by atomic mass is 16.5. The van der Waals surface area contributed by atoms with Crippen LogP contribution in [0.15, 0.2) is 40.8 Å². The lowest BCUT2D eigenvalue weighted by Gasteiger charge is -2.19. The number of hydrogen-bond donors (Lipinski definition) is 3. The van der Waals surface area contributed by atoms with E-state index in [0.717, 1.165) is 19.3 Å². The van der Waals surface area contributed by atoms with E-state index in [-0.39, 0.29) is 31.3 Å². The number of hydroxylamine groups is 2. The molecule has 0 radical (unpaired) electrons. The molecule has 1 aromatic heterocycles. The molecular formula is C23H29N3O7. The Balaban J connectivity index is 1.89. The second-order valence-electron chi connectivity index (χ2n) is 7.38. The maximum Gasteiger partial charge on any atom is 0.337 e. The summed E-state index contributed by atoms with van der Waals surface area (Å²) < 4.78 is 10.2. The van der Waals surface area contributed by atoms with Crippen LogP contribution in [0.5, 0.6) is 0 Å². The summed E-state index contributed by atoms with van der Waals surface area (Å²) in [6, 6.07) is 9.66. The van der Waals surface area contributed by atoms with Gasteiger partial charge in [0.05, 0.1) is 31.8 Å². The molecule has 0 saturated carbocycles. The zero-order valence-corrected chi connectivity index (χ0v) is 18.7. The summed E-state index contributed by atoms with van der Waals surface area (Å²) in [4.78, 5) is 47.0. The Morgan fingerprint density at radius 1 is 1.12 bits per heavy atom. The van der Waals surface area contributed by atoms with E-state index in [0.29, 0.717) is 28.4 Å². The third-order valence-electron chi connectivity index (χ3n) is 4.99. The Morgan fingerprint density at radius 3 is 2.48 bits per heavy atom. The normalized spacial score (nSPS) is 11.4. The maximum atomic E-state index is 12.4. The number of amides is 3. The van der Waals surface area contributed by atoms with Gasteiger partial charge in [0, 0.05) is 5.56 Å². The number of furan rings is 1. The highest BCUT2D eigenvalue weighted by Crippen LogP contribution is 2.23. The van der Waals surface area contributed by atoms with E-state index in [4.69, 9.17) is 4.42 Å². The van der Waals surface area contributed by atoms with E-state index < -0.39 is 17.8 Å². The van der Waals surface area contributed by atoms with Gasteiger partial charge in [-0.25, -0.2) is 9.86 Å². The number of carbonyl (C=O) groups excluding carboxylic acids is 4. The molecule has 0 aliphatic carbocycles. The number of hydrogen-bond acceptors (Lipinski definition) is 7. The topological polar surface area (TPSA) is 138 Å². The molecule has 1 unspecified atom stereocenters. The number of nitrogens with zero attached hydrogens (tertiary/aromatic N) is 1. The van der Waals surface area contributed by atoms with Crippen LogP contribution in [-0.4, -0.2) is 54.8 Å². The highest BCUT2D eigenvalue weighted by molar-refractivity contribution is 5.92. The summed E-state index contributed by atoms with van der Waals surface area (Å²) in [6.07, 6.45) is 3.44. The fraction of sp³-hybridized carbons (Fsp3) is 0.391. The fourth-order valence-corrected chi connectivity index (χ4v) is 3.16. The van der Waals surface area contributed by atoms with Gasteiger partial charge < -0.3 is 19.8 Å². The largest absolute Gasteiger partial charge is 0.465 e. The molecule has 2 rings (SSSR count). The zero-order chi connectivity index (χ0) is 24.2. The lowest BCUT2D eigenvalue weighted by atomic mass is 10.0. The lowest BCUT2D eigenvalue weighted by molar-refractivity contribution is -0.154. The Hall–Kier alpha value is -3.66. The van der Waals surface area contributed by atoms with E-state index >= 15 is 0 Å². The van der Waals surface area contributed by atoms with Crippen molar-refractivity contribution in [1.29, 1.82) is 0 Å². The fourth-order valence-electron chi connectivity index (χ4n) is 3.16. The molecule has 2 aromatic rings. The number of methoxy groups -OCH3 is 1. The number of ether oxygens (including phenoxy) is 1. The molecule has 178 valence electrons. The molecule has 3 amide bonds. The minimum atomic E-state index is -0.591. The number of rotatable bonds is 13. The number of esters is 1. The van der Waals surface area contributed by atoms with Crippen LogP contribution < -0.4 is 10.6 Å². The number of nitrogens with one attached hydrogen (secondary N) is 2. The van der Waals surface area contributed by atoms with Gasteiger partial charge in [-0.2, -0.15) is 0 Å². The first-order valence-electron chi connectivity index (χ1n) is 10.6. The van der Waals surface area contributed by atoms with Crippen LogP contribution in [-0.2, 0) is 14.3 Å². The predicted molar refractivity (Wildman–Crippen MR) is 118 cm³/mol. The molecule has 10 nitrogen and oxygen atoms in total. The van der Waals surface area contributed by atoms with Gasteiger partial charge in [0.15, 0.2) is 5.76 Å². The Bertz CT molecular complexity index is 940. The van der Waals surface area contributed by atoms with E-state index in [9.17, 15) is 24.4 Å². The summed E-state index contributed by atoms with van der Waals surface area (Å²) in [5.41, 5.74) is 1.07. The van der Waals surface area contributed by atoms with Gasteiger partial charge in [0.1, 0.15) is 5.76 Å². The van der Waals surface area contributed by atoms with Crippen molar-refractivity contribution in [3.8, 4) is 11.3 Å². The Morgan fingerprint density at radius 2 is 1.85 bits per heavy atom. The lowest BCUT2D eigenvalue weighted by Crippen LogP contribution is -2.42. The maximum absolute atomic E-state index is 12.4. The third-order valence-corrected chi connectivity index (χ3v) is 4.99. The van der Waals surface area contributed by atoms with Crippen LogP contribution in [0.4, 0.5) is 0 Å². The first kappa shape index (κ1) is 25.6. The summed E-state index contributed by atoms with van der Waals surface area (Å²) >= 11 is 0. The first-order chi connectivity index (χ1) is 15.9. The molecular weight excluding hydrogens is 430 g/mol. The van der Waals surface area contributed by atoms with E-state index in [1.165, 1.54) is 13.2 Å². The Kier molecular flexibility index (Phi) is 10.1. The van der Waals surface area contributed by atoms with Crippen molar-refractivity contribution >= 4 is 24.2 Å². The van der Waals surface area contributed by atoms with Crippen LogP contribution >= 0.6 is 0 Å². The van der Waals surface area contributed by atoms with Gasteiger partial charge in [-0.1, -0.05) is 38.3 Å². The van der Waals surface area contributed by atoms with Gasteiger partial charge in [-0.3, -0.25) is 19.6 Å². The molecule has 0 spiro atoms. The molecule has 0 aliphatic rings. The van der Waals surface area contributed by atoms with Crippen molar-refractivity contribution in [2.45, 2.75) is 32.6 Å². The van der Waals surface area contributed by atoms with Gasteiger partial charge in [-0.15, -0.1) is 0 Å². The molecule has 3 N–H and O–H groups in total. The van der Waals surface area contributed by atoms with Crippen molar-refractivity contribution in [1.82, 2.24) is 15.7 Å². The summed E-state index contributed by atoms with van der Waals surface area (Å²) in [7, 11) is 1.30. The summed E-state index contributed by atoms with van der Waals surface area (Å²) in [6.45, 7) is 1.77. The van der Waals surface area contributed by atoms with E-state index in [2.05, 4.69) is 15.4 Å². The molecule has 0 bridgehead atoms. The van der Waals surface area contributed by atoms with Crippen molar-refractivity contribution in [2.75, 3.05) is 20.3 Å². The number of carbonyl (C=O) groups is 4. The van der Waals surface area contributed by atoms with E-state index in [1.807, 2.05) is 6.92 Å². The second-order valence-corrected chi connectivity index (χ2v) is 7.38. The second kappa shape index (κ2) is 13.0. The smallest absolute Gasteiger partial charge is 0.337 e. The van der Waals surface area contributed by atoms with Gasteiger partial charge >= 0.3 is 5.97 Å². The van der Waals surface area contributed by atoms with Crippen LogP contribution in [0, 0.1) is 5.92 Å². The SMILES string of the molecule is CCCCCC(CN(O)C=O)C(=O)NCNC(=O)c1ccc(-c2ccc(C(=O)OC)cc2)o1. The average molecular weight is 459 g/mol. The van der Waals surface area contributed by atoms with Gasteiger partial charge in [-0.05, 0) is 30.7 Å². The van der Waals surface area contributed by atoms with Gasteiger partial charge in [0.25, 0.3) is 5.91 Å². The van der Waals surface area contributed by atoms with Crippen molar-refractivity contribution in [3.63, 3.8) is 0 Å². The van der Waals surface area contributed by atoms with Crippen molar-refractivity contribution in [3.05, 3.63) is 47.7 Å². The van der Waals surface area contributed by atoms with E-state index in [1.54, 1.807) is 30.3 Å². The summed E-state index contributed by atoms with van der Waals surface area (Å²) in [5, 5.41) is 15.0. The monoisotopic (exact) mass is 459 g/mol. The quantitative estimate of drug-likeness (QED) is 0.104. The minimum Gasteiger partial charge on any atom is -0.465 e. The van der Waals surface area contributed by atoms with Crippen molar-refractivity contribution < 1.29 is 33.5 Å². The first-order valence-corrected chi connectivity index (χ1v) is 10.6. The zero-order valence-electron chi connectivity index (χ0n) is 18.7. The molecule has 1 heterocycles. The number of unbranched alkanes of at least 4 members (excludes halogenated alkanes) is 2. The van der Waals surface area contributed by atoms with Crippen LogP contribution in [0.25, 0.3) is 11.3 Å².